The number of methoxy groups -OCH3 is 1. The van der Waals surface area contributed by atoms with Gasteiger partial charge in [0, 0.05) is 5.02 Å². The zero-order valence-corrected chi connectivity index (χ0v) is 12.2. The molecule has 0 saturated heterocycles. The molecule has 18 heavy (non-hydrogen) atoms. The normalized spacial score (nSPS) is 12.5. The van der Waals surface area contributed by atoms with E-state index in [-0.39, 0.29) is 5.82 Å². The molecule has 0 saturated carbocycles. The first-order valence-corrected chi connectivity index (χ1v) is 6.95. The summed E-state index contributed by atoms with van der Waals surface area (Å²) in [5.74, 6) is 0.392. The van der Waals surface area contributed by atoms with Gasteiger partial charge in [0.15, 0.2) is 0 Å². The number of aryl methyl sites for hydroxylation is 1. The van der Waals surface area contributed by atoms with Crippen molar-refractivity contribution in [3.05, 3.63) is 50.4 Å². The van der Waals surface area contributed by atoms with Crippen LogP contribution in [0.25, 0.3) is 0 Å². The number of benzene rings is 1. The van der Waals surface area contributed by atoms with Gasteiger partial charge in [-0.25, -0.2) is 4.39 Å². The molecule has 0 bridgehead atoms. The Morgan fingerprint density at radius 3 is 2.78 bits per heavy atom. The molecule has 0 aliphatic carbocycles. The van der Waals surface area contributed by atoms with Crippen LogP contribution in [0.1, 0.15) is 21.4 Å². The van der Waals surface area contributed by atoms with Crippen molar-refractivity contribution < 1.29 is 9.13 Å². The van der Waals surface area contributed by atoms with Crippen molar-refractivity contribution in [2.45, 2.75) is 12.3 Å². The lowest BCUT2D eigenvalue weighted by Crippen LogP contribution is -1.97. The summed E-state index contributed by atoms with van der Waals surface area (Å²) < 4.78 is 18.6. The van der Waals surface area contributed by atoms with Gasteiger partial charge in [0.2, 0.25) is 0 Å². The lowest BCUT2D eigenvalue weighted by atomic mass is 10.1. The number of hydrogen-bond acceptors (Lipinski definition) is 2. The Bertz CT molecular complexity index is 568. The van der Waals surface area contributed by atoms with E-state index in [1.54, 1.807) is 20.1 Å². The lowest BCUT2D eigenvalue weighted by molar-refractivity contribution is 0.413. The Balaban J connectivity index is 2.46. The fraction of sp³-hybridized carbons (Fsp3) is 0.231. The summed E-state index contributed by atoms with van der Waals surface area (Å²) >= 11 is 13.9. The van der Waals surface area contributed by atoms with Gasteiger partial charge >= 0.3 is 0 Å². The molecule has 1 unspecified atom stereocenters. The average Bonchev–Trinajstić information content (AvgIpc) is 2.81. The highest BCUT2D eigenvalue weighted by Gasteiger charge is 2.20. The van der Waals surface area contributed by atoms with Crippen molar-refractivity contribution in [2.24, 2.45) is 0 Å². The predicted molar refractivity (Wildman–Crippen MR) is 74.7 cm³/mol. The van der Waals surface area contributed by atoms with Gasteiger partial charge in [0.1, 0.15) is 11.6 Å². The number of thiophene rings is 1. The SMILES string of the molecule is COc1ccsc1C(Cl)c1cc(C)c(F)cc1Cl. The van der Waals surface area contributed by atoms with Gasteiger partial charge in [-0.3, -0.25) is 0 Å². The second kappa shape index (κ2) is 5.47. The van der Waals surface area contributed by atoms with Gasteiger partial charge in [0.25, 0.3) is 0 Å². The van der Waals surface area contributed by atoms with Crippen LogP contribution >= 0.6 is 34.5 Å². The molecule has 5 heteroatoms. The Hall–Kier alpha value is -0.770. The molecule has 1 nitrogen and oxygen atoms in total. The van der Waals surface area contributed by atoms with Crippen molar-refractivity contribution in [2.75, 3.05) is 7.11 Å². The van der Waals surface area contributed by atoms with Crippen molar-refractivity contribution >= 4 is 34.5 Å². The molecule has 2 aromatic rings. The minimum Gasteiger partial charge on any atom is -0.496 e. The van der Waals surface area contributed by atoms with Gasteiger partial charge in [-0.15, -0.1) is 22.9 Å². The van der Waals surface area contributed by atoms with Crippen LogP contribution in [0.5, 0.6) is 5.75 Å². The van der Waals surface area contributed by atoms with E-state index in [1.165, 1.54) is 17.4 Å². The van der Waals surface area contributed by atoms with Crippen LogP contribution in [-0.2, 0) is 0 Å². The Labute approximate surface area is 119 Å². The summed E-state index contributed by atoms with van der Waals surface area (Å²) in [6.45, 7) is 1.68. The third kappa shape index (κ3) is 2.48. The molecule has 1 heterocycles. The smallest absolute Gasteiger partial charge is 0.134 e. The van der Waals surface area contributed by atoms with Crippen molar-refractivity contribution in [1.29, 1.82) is 0 Å². The number of alkyl halides is 1. The van der Waals surface area contributed by atoms with Crippen LogP contribution < -0.4 is 4.74 Å². The summed E-state index contributed by atoms with van der Waals surface area (Å²) in [5.41, 5.74) is 1.22. The first-order valence-electron chi connectivity index (χ1n) is 5.25. The zero-order valence-electron chi connectivity index (χ0n) is 9.84. The molecule has 1 aromatic heterocycles. The van der Waals surface area contributed by atoms with Gasteiger partial charge in [-0.1, -0.05) is 11.6 Å². The van der Waals surface area contributed by atoms with E-state index in [9.17, 15) is 4.39 Å². The number of rotatable bonds is 3. The second-order valence-corrected chi connectivity index (χ2v) is 5.63. The van der Waals surface area contributed by atoms with E-state index < -0.39 is 5.38 Å². The van der Waals surface area contributed by atoms with Crippen molar-refractivity contribution in [3.63, 3.8) is 0 Å². The van der Waals surface area contributed by atoms with Gasteiger partial charge < -0.3 is 4.74 Å². The number of hydrogen-bond donors (Lipinski definition) is 0. The van der Waals surface area contributed by atoms with Crippen molar-refractivity contribution in [1.82, 2.24) is 0 Å². The Morgan fingerprint density at radius 1 is 1.39 bits per heavy atom. The van der Waals surface area contributed by atoms with Crippen LogP contribution in [0.15, 0.2) is 23.6 Å². The highest BCUT2D eigenvalue weighted by molar-refractivity contribution is 7.10. The standard InChI is InChI=1S/C13H11Cl2FOS/c1-7-5-8(9(14)6-10(7)16)12(15)13-11(17-2)3-4-18-13/h3-6,12H,1-2H3. The third-order valence-corrected chi connectivity index (χ3v) is 4.53. The highest BCUT2D eigenvalue weighted by atomic mass is 35.5. The molecule has 1 atom stereocenters. The molecule has 0 aliphatic heterocycles. The summed E-state index contributed by atoms with van der Waals surface area (Å²) in [5, 5.41) is 1.79. The van der Waals surface area contributed by atoms with Crippen LogP contribution in [0.4, 0.5) is 4.39 Å². The summed E-state index contributed by atoms with van der Waals surface area (Å²) in [6, 6.07) is 4.82. The Kier molecular flexibility index (Phi) is 4.15. The number of halogens is 3. The van der Waals surface area contributed by atoms with E-state index >= 15 is 0 Å². The van der Waals surface area contributed by atoms with E-state index in [0.717, 1.165) is 10.6 Å². The zero-order chi connectivity index (χ0) is 13.3. The fourth-order valence-electron chi connectivity index (χ4n) is 1.68. The number of ether oxygens (including phenoxy) is 1. The van der Waals surface area contributed by atoms with E-state index in [4.69, 9.17) is 27.9 Å². The van der Waals surface area contributed by atoms with Crippen molar-refractivity contribution in [3.8, 4) is 5.75 Å². The molecule has 0 aliphatic rings. The molecule has 0 spiro atoms. The quantitative estimate of drug-likeness (QED) is 0.709. The fourth-order valence-corrected chi connectivity index (χ4v) is 3.29. The predicted octanol–water partition coefficient (Wildman–Crippen LogP) is 5.19. The molecule has 96 valence electrons. The molecule has 0 amide bonds. The molecular formula is C13H11Cl2FOS. The van der Waals surface area contributed by atoms with Gasteiger partial charge in [-0.05, 0) is 41.6 Å². The van der Waals surface area contributed by atoms with E-state index in [2.05, 4.69) is 0 Å². The van der Waals surface area contributed by atoms with Gasteiger partial charge in [-0.2, -0.15) is 0 Å². The van der Waals surface area contributed by atoms with Crippen LogP contribution in [0, 0.1) is 12.7 Å². The molecule has 1 aromatic carbocycles. The first kappa shape index (κ1) is 13.7. The topological polar surface area (TPSA) is 9.23 Å². The Morgan fingerprint density at radius 2 is 2.11 bits per heavy atom. The maximum Gasteiger partial charge on any atom is 0.134 e. The minimum atomic E-state index is -0.438. The van der Waals surface area contributed by atoms with Crippen LogP contribution in [-0.4, -0.2) is 7.11 Å². The maximum atomic E-state index is 13.4. The third-order valence-electron chi connectivity index (χ3n) is 2.66. The molecule has 0 radical (unpaired) electrons. The minimum absolute atomic E-state index is 0.327. The van der Waals surface area contributed by atoms with Gasteiger partial charge in [0.05, 0.1) is 17.4 Å². The summed E-state index contributed by atoms with van der Waals surface area (Å²) in [4.78, 5) is 0.868. The first-order chi connectivity index (χ1) is 8.54. The summed E-state index contributed by atoms with van der Waals surface area (Å²) in [6.07, 6.45) is 0. The monoisotopic (exact) mass is 304 g/mol. The van der Waals surface area contributed by atoms with E-state index in [1.807, 2.05) is 11.4 Å². The van der Waals surface area contributed by atoms with E-state index in [0.29, 0.717) is 16.1 Å². The highest BCUT2D eigenvalue weighted by Crippen LogP contribution is 2.41. The summed E-state index contributed by atoms with van der Waals surface area (Å²) in [7, 11) is 1.59. The average molecular weight is 305 g/mol. The van der Waals surface area contributed by atoms with Crippen LogP contribution in [0.3, 0.4) is 0 Å². The van der Waals surface area contributed by atoms with Crippen LogP contribution in [0.2, 0.25) is 5.02 Å². The maximum absolute atomic E-state index is 13.4. The lowest BCUT2D eigenvalue weighted by Gasteiger charge is -2.13. The molecule has 2 rings (SSSR count). The largest absolute Gasteiger partial charge is 0.496 e. The molecular weight excluding hydrogens is 294 g/mol. The molecule has 0 fully saturated rings. The molecule has 0 N–H and O–H groups in total. The second-order valence-electron chi connectivity index (χ2n) is 3.84.